The molecular formula is C21H32N2O2S. The van der Waals surface area contributed by atoms with E-state index >= 15 is 0 Å². The summed E-state index contributed by atoms with van der Waals surface area (Å²) in [6, 6.07) is 2.42. The summed E-state index contributed by atoms with van der Waals surface area (Å²) in [5, 5.41) is 6.34. The van der Waals surface area contributed by atoms with Gasteiger partial charge in [0.15, 0.2) is 0 Å². The largest absolute Gasteiger partial charge is 0.349 e. The van der Waals surface area contributed by atoms with Crippen LogP contribution in [-0.2, 0) is 0 Å². The second-order valence-corrected chi connectivity index (χ2v) is 9.54. The van der Waals surface area contributed by atoms with Gasteiger partial charge < -0.3 is 10.6 Å². The fraction of sp³-hybridized carbons (Fsp3) is 0.714. The molecule has 1 heterocycles. The molecule has 5 heteroatoms. The van der Waals surface area contributed by atoms with Gasteiger partial charge in [-0.3, -0.25) is 9.59 Å². The second kappa shape index (κ2) is 8.55. The van der Waals surface area contributed by atoms with Crippen LogP contribution in [0.2, 0.25) is 0 Å². The predicted octanol–water partition coefficient (Wildman–Crippen LogP) is 4.67. The SMILES string of the molecule is Cc1cc(C(=O)NC2CCC(C)CC2)sc1C(=O)NC1CCC(C)CC1. The normalized spacial score (nSPS) is 29.2. The van der Waals surface area contributed by atoms with Crippen molar-refractivity contribution in [3.63, 3.8) is 0 Å². The Bertz CT molecular complexity index is 638. The van der Waals surface area contributed by atoms with E-state index in [1.807, 2.05) is 13.0 Å². The van der Waals surface area contributed by atoms with Gasteiger partial charge in [-0.1, -0.05) is 13.8 Å². The molecule has 0 unspecified atom stereocenters. The Morgan fingerprint density at radius 2 is 1.31 bits per heavy atom. The first-order valence-corrected chi connectivity index (χ1v) is 11.0. The van der Waals surface area contributed by atoms with E-state index in [0.29, 0.717) is 9.75 Å². The highest BCUT2D eigenvalue weighted by atomic mass is 32.1. The summed E-state index contributed by atoms with van der Waals surface area (Å²) in [5.74, 6) is 1.50. The molecule has 4 nitrogen and oxygen atoms in total. The van der Waals surface area contributed by atoms with Crippen LogP contribution >= 0.6 is 11.3 Å². The molecule has 1 aromatic heterocycles. The Labute approximate surface area is 161 Å². The molecule has 26 heavy (non-hydrogen) atoms. The van der Waals surface area contributed by atoms with Gasteiger partial charge >= 0.3 is 0 Å². The molecule has 0 bridgehead atoms. The van der Waals surface area contributed by atoms with Crippen molar-refractivity contribution in [2.24, 2.45) is 11.8 Å². The summed E-state index contributed by atoms with van der Waals surface area (Å²) in [7, 11) is 0. The zero-order chi connectivity index (χ0) is 18.7. The van der Waals surface area contributed by atoms with Gasteiger partial charge in [0.2, 0.25) is 0 Å². The number of carbonyl (C=O) groups is 2. The number of hydrogen-bond donors (Lipinski definition) is 2. The number of nitrogens with one attached hydrogen (secondary N) is 2. The molecule has 0 atom stereocenters. The van der Waals surface area contributed by atoms with Crippen LogP contribution in [0.5, 0.6) is 0 Å². The summed E-state index contributed by atoms with van der Waals surface area (Å²) < 4.78 is 0. The third kappa shape index (κ3) is 4.87. The molecule has 0 radical (unpaired) electrons. The van der Waals surface area contributed by atoms with Gasteiger partial charge in [-0.25, -0.2) is 0 Å². The third-order valence-electron chi connectivity index (χ3n) is 6.05. The molecule has 3 rings (SSSR count). The molecule has 144 valence electrons. The lowest BCUT2D eigenvalue weighted by Gasteiger charge is -2.26. The van der Waals surface area contributed by atoms with Gasteiger partial charge in [0.1, 0.15) is 0 Å². The molecular weight excluding hydrogens is 344 g/mol. The van der Waals surface area contributed by atoms with Crippen LogP contribution in [0.4, 0.5) is 0 Å². The maximum atomic E-state index is 12.6. The highest BCUT2D eigenvalue weighted by molar-refractivity contribution is 7.16. The van der Waals surface area contributed by atoms with Gasteiger partial charge in [0, 0.05) is 12.1 Å². The van der Waals surface area contributed by atoms with Gasteiger partial charge in [-0.05, 0) is 81.8 Å². The fourth-order valence-electron chi connectivity index (χ4n) is 4.14. The maximum Gasteiger partial charge on any atom is 0.261 e. The molecule has 2 fully saturated rings. The lowest BCUT2D eigenvalue weighted by molar-refractivity contribution is 0.0919. The van der Waals surface area contributed by atoms with Gasteiger partial charge in [-0.2, -0.15) is 0 Å². The predicted molar refractivity (Wildman–Crippen MR) is 107 cm³/mol. The first-order valence-electron chi connectivity index (χ1n) is 10.1. The fourth-order valence-corrected chi connectivity index (χ4v) is 5.11. The van der Waals surface area contributed by atoms with E-state index in [-0.39, 0.29) is 23.9 Å². The van der Waals surface area contributed by atoms with E-state index in [1.54, 1.807) is 0 Å². The van der Waals surface area contributed by atoms with E-state index in [1.165, 1.54) is 37.0 Å². The Morgan fingerprint density at radius 3 is 1.81 bits per heavy atom. The highest BCUT2D eigenvalue weighted by Crippen LogP contribution is 2.27. The van der Waals surface area contributed by atoms with E-state index in [2.05, 4.69) is 24.5 Å². The average molecular weight is 377 g/mol. The van der Waals surface area contributed by atoms with Crippen LogP contribution < -0.4 is 10.6 Å². The van der Waals surface area contributed by atoms with E-state index in [4.69, 9.17) is 0 Å². The van der Waals surface area contributed by atoms with Crippen molar-refractivity contribution in [2.75, 3.05) is 0 Å². The van der Waals surface area contributed by atoms with E-state index in [9.17, 15) is 9.59 Å². The molecule has 0 aromatic carbocycles. The van der Waals surface area contributed by atoms with Crippen LogP contribution in [-0.4, -0.2) is 23.9 Å². The lowest BCUT2D eigenvalue weighted by Crippen LogP contribution is -2.37. The summed E-state index contributed by atoms with van der Waals surface area (Å²) >= 11 is 1.33. The highest BCUT2D eigenvalue weighted by Gasteiger charge is 2.25. The number of amides is 2. The number of carbonyl (C=O) groups excluding carboxylic acids is 2. The van der Waals surface area contributed by atoms with Crippen molar-refractivity contribution in [1.82, 2.24) is 10.6 Å². The molecule has 1 aromatic rings. The number of thiophene rings is 1. The van der Waals surface area contributed by atoms with Crippen LogP contribution in [0.1, 0.15) is 90.1 Å². The third-order valence-corrected chi connectivity index (χ3v) is 7.28. The molecule has 0 aliphatic heterocycles. The van der Waals surface area contributed by atoms with Crippen molar-refractivity contribution in [2.45, 2.75) is 84.2 Å². The minimum atomic E-state index is -0.0248. The van der Waals surface area contributed by atoms with Gasteiger partial charge in [-0.15, -0.1) is 11.3 Å². The van der Waals surface area contributed by atoms with Crippen molar-refractivity contribution in [3.05, 3.63) is 21.4 Å². The second-order valence-electron chi connectivity index (χ2n) is 8.48. The Hall–Kier alpha value is -1.36. The maximum absolute atomic E-state index is 12.6. The summed E-state index contributed by atoms with van der Waals surface area (Å²) in [5.41, 5.74) is 0.902. The Kier molecular flexibility index (Phi) is 6.38. The van der Waals surface area contributed by atoms with E-state index < -0.39 is 0 Å². The number of hydrogen-bond acceptors (Lipinski definition) is 3. The quantitative estimate of drug-likeness (QED) is 0.802. The monoisotopic (exact) mass is 376 g/mol. The summed E-state index contributed by atoms with van der Waals surface area (Å²) in [6.45, 7) is 6.48. The smallest absolute Gasteiger partial charge is 0.261 e. The molecule has 2 saturated carbocycles. The molecule has 0 saturated heterocycles. The first-order chi connectivity index (χ1) is 12.4. The van der Waals surface area contributed by atoms with Crippen molar-refractivity contribution >= 4 is 23.2 Å². The average Bonchev–Trinajstić information content (AvgIpc) is 3.01. The first kappa shape index (κ1) is 19.4. The minimum Gasteiger partial charge on any atom is -0.349 e. The molecule has 2 aliphatic rings. The van der Waals surface area contributed by atoms with E-state index in [0.717, 1.165) is 43.1 Å². The topological polar surface area (TPSA) is 58.2 Å². The van der Waals surface area contributed by atoms with Crippen LogP contribution in [0.3, 0.4) is 0 Å². The van der Waals surface area contributed by atoms with Crippen LogP contribution in [0.15, 0.2) is 6.07 Å². The molecule has 2 N–H and O–H groups in total. The Morgan fingerprint density at radius 1 is 0.846 bits per heavy atom. The number of rotatable bonds is 4. The lowest BCUT2D eigenvalue weighted by atomic mass is 9.87. The summed E-state index contributed by atoms with van der Waals surface area (Å²) in [4.78, 5) is 26.6. The zero-order valence-electron chi connectivity index (χ0n) is 16.3. The zero-order valence-corrected chi connectivity index (χ0v) is 17.1. The van der Waals surface area contributed by atoms with Crippen molar-refractivity contribution in [1.29, 1.82) is 0 Å². The van der Waals surface area contributed by atoms with Crippen LogP contribution in [0.25, 0.3) is 0 Å². The van der Waals surface area contributed by atoms with Crippen molar-refractivity contribution in [3.8, 4) is 0 Å². The van der Waals surface area contributed by atoms with Crippen LogP contribution in [0, 0.1) is 18.8 Å². The number of aryl methyl sites for hydroxylation is 1. The molecule has 2 amide bonds. The minimum absolute atomic E-state index is 0.0161. The molecule has 2 aliphatic carbocycles. The van der Waals surface area contributed by atoms with Gasteiger partial charge in [0.25, 0.3) is 11.8 Å². The summed E-state index contributed by atoms with van der Waals surface area (Å²) in [6.07, 6.45) is 8.97. The molecule has 0 spiro atoms. The van der Waals surface area contributed by atoms with Crippen molar-refractivity contribution < 1.29 is 9.59 Å². The van der Waals surface area contributed by atoms with Gasteiger partial charge in [0.05, 0.1) is 9.75 Å². The Balaban J connectivity index is 1.57. The standard InChI is InChI=1S/C21H32N2O2S/c1-13-4-8-16(9-5-13)22-20(24)18-12-15(3)19(26-18)21(25)23-17-10-6-14(2)7-11-17/h12-14,16-17H,4-11H2,1-3H3,(H,22,24)(H,23,25).